The van der Waals surface area contributed by atoms with E-state index < -0.39 is 0 Å². The highest BCUT2D eigenvalue weighted by Gasteiger charge is 2.44. The number of carbonyl (C=O) groups is 1. The van der Waals surface area contributed by atoms with Gasteiger partial charge in [0, 0.05) is 17.4 Å². The Kier molecular flexibility index (Phi) is 3.65. The molecule has 1 N–H and O–H groups in total. The molecule has 3 aromatic heterocycles. The molecule has 0 saturated heterocycles. The molecular weight excluding hydrogens is 398 g/mol. The molecule has 1 amide bonds. The number of aromatic amines is 1. The third-order valence-corrected chi connectivity index (χ3v) is 6.48. The molecule has 1 unspecified atom stereocenters. The first kappa shape index (κ1) is 17.7. The van der Waals surface area contributed by atoms with Crippen molar-refractivity contribution in [2.24, 2.45) is 0 Å². The van der Waals surface area contributed by atoms with Crippen molar-refractivity contribution in [1.82, 2.24) is 19.6 Å². The van der Waals surface area contributed by atoms with E-state index in [4.69, 9.17) is 11.6 Å². The highest BCUT2D eigenvalue weighted by molar-refractivity contribution is 6.30. The van der Waals surface area contributed by atoms with Gasteiger partial charge in [-0.3, -0.25) is 14.1 Å². The molecule has 0 spiro atoms. The Balaban J connectivity index is 1.57. The topological polar surface area (TPSA) is 66.3 Å². The second-order valence-corrected chi connectivity index (χ2v) is 8.69. The number of nitrogens with zero attached hydrogens (tertiary/aromatic N) is 4. The number of aryl methyl sites for hydroxylation is 2. The molecule has 1 aromatic carbocycles. The van der Waals surface area contributed by atoms with Crippen LogP contribution in [-0.4, -0.2) is 25.5 Å². The van der Waals surface area contributed by atoms with Gasteiger partial charge in [-0.15, -0.1) is 10.2 Å². The molecular formula is C23H20ClN5O. The normalized spacial score (nSPS) is 18.4. The molecule has 4 aromatic rings. The number of pyridine rings is 1. The molecule has 1 aliphatic heterocycles. The number of hydrogen-bond acceptors (Lipinski definition) is 3. The van der Waals surface area contributed by atoms with Crippen LogP contribution in [-0.2, 0) is 0 Å². The molecule has 1 atom stereocenters. The lowest BCUT2D eigenvalue weighted by molar-refractivity contribution is 0.0992. The fraction of sp³-hybridized carbons (Fsp3) is 0.261. The summed E-state index contributed by atoms with van der Waals surface area (Å²) in [6.45, 7) is 3.92. The van der Waals surface area contributed by atoms with Gasteiger partial charge in [0.15, 0.2) is 5.65 Å². The predicted octanol–water partition coefficient (Wildman–Crippen LogP) is 4.95. The quantitative estimate of drug-likeness (QED) is 0.512. The van der Waals surface area contributed by atoms with Gasteiger partial charge in [-0.05, 0) is 67.5 Å². The highest BCUT2D eigenvalue weighted by atomic mass is 35.5. The van der Waals surface area contributed by atoms with E-state index in [0.29, 0.717) is 10.9 Å². The van der Waals surface area contributed by atoms with Gasteiger partial charge in [-0.2, -0.15) is 0 Å². The first-order chi connectivity index (χ1) is 14.5. The molecule has 150 valence electrons. The zero-order valence-corrected chi connectivity index (χ0v) is 17.4. The Labute approximate surface area is 178 Å². The number of carbonyl (C=O) groups excluding carboxylic acids is 1. The molecule has 2 aliphatic rings. The van der Waals surface area contributed by atoms with E-state index in [1.165, 1.54) is 0 Å². The van der Waals surface area contributed by atoms with Crippen LogP contribution in [0.1, 0.15) is 63.4 Å². The summed E-state index contributed by atoms with van der Waals surface area (Å²) >= 11 is 6.14. The number of H-pyrrole nitrogens is 1. The largest absolute Gasteiger partial charge is 0.362 e. The number of aromatic nitrogens is 4. The Hall–Kier alpha value is -3.12. The summed E-state index contributed by atoms with van der Waals surface area (Å²) in [4.78, 5) is 19.1. The van der Waals surface area contributed by atoms with Crippen LogP contribution < -0.4 is 4.90 Å². The van der Waals surface area contributed by atoms with E-state index in [-0.39, 0.29) is 11.9 Å². The van der Waals surface area contributed by atoms with Crippen molar-refractivity contribution in [1.29, 1.82) is 0 Å². The van der Waals surface area contributed by atoms with Gasteiger partial charge in [0.2, 0.25) is 0 Å². The van der Waals surface area contributed by atoms with Gasteiger partial charge < -0.3 is 4.98 Å². The van der Waals surface area contributed by atoms with Crippen LogP contribution in [0, 0.1) is 13.8 Å². The highest BCUT2D eigenvalue weighted by Crippen LogP contribution is 2.49. The summed E-state index contributed by atoms with van der Waals surface area (Å²) in [7, 11) is 0. The average Bonchev–Trinajstić information content (AvgIpc) is 3.27. The lowest BCUT2D eigenvalue weighted by Gasteiger charge is -2.26. The second kappa shape index (κ2) is 6.19. The van der Waals surface area contributed by atoms with Crippen LogP contribution in [0.15, 0.2) is 42.7 Å². The van der Waals surface area contributed by atoms with Gasteiger partial charge in [0.05, 0.1) is 16.9 Å². The number of rotatable bonds is 3. The van der Waals surface area contributed by atoms with E-state index in [0.717, 1.165) is 57.9 Å². The van der Waals surface area contributed by atoms with Crippen LogP contribution in [0.3, 0.4) is 0 Å². The van der Waals surface area contributed by atoms with E-state index in [9.17, 15) is 4.79 Å². The van der Waals surface area contributed by atoms with Gasteiger partial charge in [-0.1, -0.05) is 23.7 Å². The third-order valence-electron chi connectivity index (χ3n) is 6.23. The fourth-order valence-corrected chi connectivity index (χ4v) is 4.73. The zero-order chi connectivity index (χ0) is 20.6. The van der Waals surface area contributed by atoms with Crippen molar-refractivity contribution in [3.63, 3.8) is 0 Å². The van der Waals surface area contributed by atoms with Crippen molar-refractivity contribution < 1.29 is 4.79 Å². The van der Waals surface area contributed by atoms with Gasteiger partial charge >= 0.3 is 0 Å². The SMILES string of the molecule is Cc1cc(N2C(=O)c3c(C4CC4)c[nH]c3C2c2ccc(Cl)cc2)cn2c(C)nnc12. The number of anilines is 1. The Bertz CT molecular complexity index is 1320. The van der Waals surface area contributed by atoms with Crippen molar-refractivity contribution >= 4 is 28.8 Å². The molecule has 7 heteroatoms. The van der Waals surface area contributed by atoms with E-state index in [1.807, 2.05) is 65.9 Å². The second-order valence-electron chi connectivity index (χ2n) is 8.26. The minimum atomic E-state index is -0.231. The minimum absolute atomic E-state index is 0.0394. The van der Waals surface area contributed by atoms with E-state index >= 15 is 0 Å². The number of nitrogens with one attached hydrogen (secondary N) is 1. The van der Waals surface area contributed by atoms with Crippen molar-refractivity contribution in [2.45, 2.75) is 38.6 Å². The van der Waals surface area contributed by atoms with Gasteiger partial charge in [0.1, 0.15) is 11.9 Å². The Morgan fingerprint density at radius 3 is 2.63 bits per heavy atom. The summed E-state index contributed by atoms with van der Waals surface area (Å²) in [5.41, 5.74) is 6.58. The fourth-order valence-electron chi connectivity index (χ4n) is 4.60. The number of hydrogen-bond donors (Lipinski definition) is 1. The maximum absolute atomic E-state index is 13.8. The Morgan fingerprint density at radius 2 is 1.90 bits per heavy atom. The molecule has 0 radical (unpaired) electrons. The standard InChI is InChI=1S/C23H20ClN5O/c1-12-9-17(11-28-13(2)26-27-22(12)28)29-21(15-5-7-16(24)8-6-15)20-19(23(29)30)18(10-25-20)14-3-4-14/h5-11,14,21,25H,3-4H2,1-2H3. The molecule has 6 nitrogen and oxygen atoms in total. The number of halogens is 1. The lowest BCUT2D eigenvalue weighted by atomic mass is 10.0. The maximum atomic E-state index is 13.8. The molecule has 30 heavy (non-hydrogen) atoms. The van der Waals surface area contributed by atoms with Crippen LogP contribution in [0.2, 0.25) is 5.02 Å². The molecule has 0 bridgehead atoms. The van der Waals surface area contributed by atoms with Crippen LogP contribution in [0.5, 0.6) is 0 Å². The monoisotopic (exact) mass is 417 g/mol. The first-order valence-electron chi connectivity index (χ1n) is 10.1. The van der Waals surface area contributed by atoms with Crippen molar-refractivity contribution in [3.8, 4) is 0 Å². The molecule has 1 saturated carbocycles. The van der Waals surface area contributed by atoms with E-state index in [1.54, 1.807) is 0 Å². The molecule has 4 heterocycles. The van der Waals surface area contributed by atoms with Crippen molar-refractivity contribution in [3.05, 3.63) is 81.5 Å². The summed E-state index contributed by atoms with van der Waals surface area (Å²) < 4.78 is 1.95. The van der Waals surface area contributed by atoms with Gasteiger partial charge in [-0.25, -0.2) is 0 Å². The average molecular weight is 418 g/mol. The van der Waals surface area contributed by atoms with Crippen LogP contribution in [0.4, 0.5) is 5.69 Å². The summed E-state index contributed by atoms with van der Waals surface area (Å²) in [6.07, 6.45) is 6.28. The summed E-state index contributed by atoms with van der Waals surface area (Å²) in [6, 6.07) is 9.53. The summed E-state index contributed by atoms with van der Waals surface area (Å²) in [5, 5.41) is 9.13. The zero-order valence-electron chi connectivity index (χ0n) is 16.7. The van der Waals surface area contributed by atoms with E-state index in [2.05, 4.69) is 15.2 Å². The smallest absolute Gasteiger partial charge is 0.261 e. The molecule has 1 fully saturated rings. The summed E-state index contributed by atoms with van der Waals surface area (Å²) in [5.74, 6) is 1.32. The minimum Gasteiger partial charge on any atom is -0.362 e. The van der Waals surface area contributed by atoms with Crippen LogP contribution >= 0.6 is 11.6 Å². The molecule has 1 aliphatic carbocycles. The third kappa shape index (κ3) is 2.46. The van der Waals surface area contributed by atoms with Crippen LogP contribution in [0.25, 0.3) is 5.65 Å². The lowest BCUT2D eigenvalue weighted by Crippen LogP contribution is -2.29. The van der Waals surface area contributed by atoms with Crippen molar-refractivity contribution in [2.75, 3.05) is 4.90 Å². The maximum Gasteiger partial charge on any atom is 0.261 e. The number of fused-ring (bicyclic) bond motifs is 2. The van der Waals surface area contributed by atoms with Gasteiger partial charge in [0.25, 0.3) is 5.91 Å². The predicted molar refractivity (Wildman–Crippen MR) is 115 cm³/mol. The number of amides is 1. The Morgan fingerprint density at radius 1 is 1.13 bits per heavy atom. The molecule has 6 rings (SSSR count). The first-order valence-corrected chi connectivity index (χ1v) is 10.5. The number of benzene rings is 1.